The highest BCUT2D eigenvalue weighted by molar-refractivity contribution is 5.91. The van der Waals surface area contributed by atoms with Crippen molar-refractivity contribution in [3.05, 3.63) is 23.7 Å². The van der Waals surface area contributed by atoms with Gasteiger partial charge in [0.2, 0.25) is 0 Å². The molecule has 1 aromatic heterocycles. The van der Waals surface area contributed by atoms with Crippen molar-refractivity contribution in [1.82, 2.24) is 10.2 Å². The fourth-order valence-electron chi connectivity index (χ4n) is 2.41. The first-order chi connectivity index (χ1) is 8.74. The van der Waals surface area contributed by atoms with E-state index in [9.17, 15) is 4.79 Å². The molecule has 1 N–H and O–H groups in total. The van der Waals surface area contributed by atoms with Crippen LogP contribution < -0.4 is 5.32 Å². The minimum Gasteiger partial charge on any atom is -0.456 e. The first-order valence-corrected chi connectivity index (χ1v) is 6.86. The molecule has 1 saturated heterocycles. The zero-order valence-corrected chi connectivity index (χ0v) is 11.2. The topological polar surface area (TPSA) is 45.5 Å². The zero-order valence-electron chi connectivity index (χ0n) is 11.2. The van der Waals surface area contributed by atoms with E-state index in [-0.39, 0.29) is 5.91 Å². The molecule has 2 heterocycles. The third kappa shape index (κ3) is 2.93. The van der Waals surface area contributed by atoms with Gasteiger partial charge < -0.3 is 14.6 Å². The molecule has 0 bridgehead atoms. The van der Waals surface area contributed by atoms with Crippen LogP contribution in [0.3, 0.4) is 0 Å². The third-order valence-electron chi connectivity index (χ3n) is 3.50. The van der Waals surface area contributed by atoms with Gasteiger partial charge in [-0.15, -0.1) is 0 Å². The molecular weight excluding hydrogens is 228 g/mol. The number of aryl methyl sites for hydroxylation is 1. The van der Waals surface area contributed by atoms with Crippen molar-refractivity contribution in [3.63, 3.8) is 0 Å². The Morgan fingerprint density at radius 2 is 2.11 bits per heavy atom. The van der Waals surface area contributed by atoms with Crippen molar-refractivity contribution < 1.29 is 9.21 Å². The first-order valence-electron chi connectivity index (χ1n) is 6.86. The van der Waals surface area contributed by atoms with E-state index >= 15 is 0 Å². The van der Waals surface area contributed by atoms with Crippen LogP contribution >= 0.6 is 0 Å². The largest absolute Gasteiger partial charge is 0.456 e. The summed E-state index contributed by atoms with van der Waals surface area (Å²) in [6.45, 7) is 6.77. The lowest BCUT2D eigenvalue weighted by Gasteiger charge is -2.31. The van der Waals surface area contributed by atoms with E-state index in [0.29, 0.717) is 11.8 Å². The molecule has 0 unspecified atom stereocenters. The molecule has 1 fully saturated rings. The molecule has 1 amide bonds. The molecule has 0 aromatic carbocycles. The molecule has 18 heavy (non-hydrogen) atoms. The maximum atomic E-state index is 12.2. The molecule has 4 heteroatoms. The Balaban J connectivity index is 1.91. The number of piperidine rings is 1. The number of furan rings is 1. The minimum atomic E-state index is 0.0321. The van der Waals surface area contributed by atoms with Crippen LogP contribution in [0.1, 0.15) is 43.0 Å². The number of hydrogen-bond donors (Lipinski definition) is 1. The summed E-state index contributed by atoms with van der Waals surface area (Å²) in [6.07, 6.45) is 2.89. The van der Waals surface area contributed by atoms with Crippen LogP contribution in [-0.4, -0.2) is 36.5 Å². The van der Waals surface area contributed by atoms with E-state index in [1.807, 2.05) is 17.9 Å². The molecule has 2 rings (SSSR count). The van der Waals surface area contributed by atoms with Gasteiger partial charge in [0.1, 0.15) is 5.76 Å². The highest BCUT2D eigenvalue weighted by Crippen LogP contribution is 2.16. The summed E-state index contributed by atoms with van der Waals surface area (Å²) in [4.78, 5) is 14.1. The molecule has 100 valence electrons. The Bertz CT molecular complexity index is 392. The average Bonchev–Trinajstić information content (AvgIpc) is 2.88. The number of likely N-dealkylation sites (tertiary alicyclic amines) is 1. The quantitative estimate of drug-likeness (QED) is 0.889. The van der Waals surface area contributed by atoms with Crippen LogP contribution in [0.5, 0.6) is 0 Å². The molecule has 1 aliphatic rings. The summed E-state index contributed by atoms with van der Waals surface area (Å²) in [5.41, 5.74) is 0. The first kappa shape index (κ1) is 13.1. The summed E-state index contributed by atoms with van der Waals surface area (Å²) < 4.78 is 5.52. The zero-order chi connectivity index (χ0) is 13.0. The van der Waals surface area contributed by atoms with Gasteiger partial charge >= 0.3 is 0 Å². The number of carbonyl (C=O) groups excluding carboxylic acids is 1. The fraction of sp³-hybridized carbons (Fsp3) is 0.643. The fourth-order valence-corrected chi connectivity index (χ4v) is 2.41. The van der Waals surface area contributed by atoms with Crippen molar-refractivity contribution in [2.75, 3.05) is 19.6 Å². The van der Waals surface area contributed by atoms with Crippen LogP contribution in [-0.2, 0) is 6.42 Å². The normalized spacial score (nSPS) is 17.1. The van der Waals surface area contributed by atoms with E-state index in [1.165, 1.54) is 0 Å². The second kappa shape index (κ2) is 6.05. The number of nitrogens with one attached hydrogen (secondary N) is 1. The van der Waals surface area contributed by atoms with E-state index in [2.05, 4.69) is 12.2 Å². The minimum absolute atomic E-state index is 0.0321. The summed E-state index contributed by atoms with van der Waals surface area (Å²) >= 11 is 0. The number of carbonyl (C=O) groups is 1. The van der Waals surface area contributed by atoms with Gasteiger partial charge in [-0.2, -0.15) is 0 Å². The second-order valence-corrected chi connectivity index (χ2v) is 4.74. The molecular formula is C14H22N2O2. The maximum absolute atomic E-state index is 12.2. The Hall–Kier alpha value is -1.29. The van der Waals surface area contributed by atoms with Crippen LogP contribution in [0.25, 0.3) is 0 Å². The summed E-state index contributed by atoms with van der Waals surface area (Å²) in [6, 6.07) is 4.23. The summed E-state index contributed by atoms with van der Waals surface area (Å²) in [5, 5.41) is 3.44. The van der Waals surface area contributed by atoms with Crippen molar-refractivity contribution in [3.8, 4) is 0 Å². The van der Waals surface area contributed by atoms with E-state index in [0.717, 1.165) is 44.7 Å². The number of rotatable bonds is 4. The van der Waals surface area contributed by atoms with Gasteiger partial charge in [0, 0.05) is 25.6 Å². The molecule has 0 spiro atoms. The van der Waals surface area contributed by atoms with E-state index in [4.69, 9.17) is 4.42 Å². The summed E-state index contributed by atoms with van der Waals surface area (Å²) in [7, 11) is 0. The monoisotopic (exact) mass is 250 g/mol. The highest BCUT2D eigenvalue weighted by atomic mass is 16.4. The van der Waals surface area contributed by atoms with Gasteiger partial charge in [0.25, 0.3) is 5.91 Å². The predicted molar refractivity (Wildman–Crippen MR) is 70.7 cm³/mol. The van der Waals surface area contributed by atoms with Crippen LogP contribution in [0, 0.1) is 0 Å². The number of nitrogens with zero attached hydrogens (tertiary/aromatic N) is 1. The molecule has 0 radical (unpaired) electrons. The molecule has 1 aliphatic heterocycles. The average molecular weight is 250 g/mol. The van der Waals surface area contributed by atoms with E-state index in [1.54, 1.807) is 6.07 Å². The van der Waals surface area contributed by atoms with Crippen molar-refractivity contribution in [1.29, 1.82) is 0 Å². The second-order valence-electron chi connectivity index (χ2n) is 4.74. The number of hydrogen-bond acceptors (Lipinski definition) is 3. The lowest BCUT2D eigenvalue weighted by atomic mass is 10.0. The van der Waals surface area contributed by atoms with Gasteiger partial charge in [0.05, 0.1) is 0 Å². The van der Waals surface area contributed by atoms with Crippen LogP contribution in [0.4, 0.5) is 0 Å². The Labute approximate surface area is 108 Å². The van der Waals surface area contributed by atoms with Gasteiger partial charge in [-0.05, 0) is 31.5 Å². The van der Waals surface area contributed by atoms with Crippen molar-refractivity contribution in [2.45, 2.75) is 39.2 Å². The maximum Gasteiger partial charge on any atom is 0.289 e. The standard InChI is InChI=1S/C14H22N2O2/c1-3-12-5-6-13(18-12)14(17)16-9-7-11(8-10-16)15-4-2/h5-6,11,15H,3-4,7-10H2,1-2H3. The number of amides is 1. The smallest absolute Gasteiger partial charge is 0.289 e. The lowest BCUT2D eigenvalue weighted by molar-refractivity contribution is 0.0672. The van der Waals surface area contributed by atoms with Crippen LogP contribution in [0.15, 0.2) is 16.5 Å². The highest BCUT2D eigenvalue weighted by Gasteiger charge is 2.24. The Kier molecular flexibility index (Phi) is 4.42. The SMILES string of the molecule is CCNC1CCN(C(=O)c2ccc(CC)o2)CC1. The van der Waals surface area contributed by atoms with E-state index < -0.39 is 0 Å². The van der Waals surface area contributed by atoms with Crippen LogP contribution in [0.2, 0.25) is 0 Å². The molecule has 0 atom stereocenters. The predicted octanol–water partition coefficient (Wildman–Crippen LogP) is 2.06. The summed E-state index contributed by atoms with van der Waals surface area (Å²) in [5.74, 6) is 1.39. The Morgan fingerprint density at radius 3 is 2.67 bits per heavy atom. The van der Waals surface area contributed by atoms with Gasteiger partial charge in [-0.25, -0.2) is 0 Å². The third-order valence-corrected chi connectivity index (χ3v) is 3.50. The van der Waals surface area contributed by atoms with Gasteiger partial charge in [-0.1, -0.05) is 13.8 Å². The lowest BCUT2D eigenvalue weighted by Crippen LogP contribution is -2.44. The molecule has 4 nitrogen and oxygen atoms in total. The van der Waals surface area contributed by atoms with Crippen molar-refractivity contribution >= 4 is 5.91 Å². The van der Waals surface area contributed by atoms with Gasteiger partial charge in [-0.3, -0.25) is 4.79 Å². The Morgan fingerprint density at radius 1 is 1.39 bits per heavy atom. The molecule has 1 aromatic rings. The van der Waals surface area contributed by atoms with Crippen molar-refractivity contribution in [2.24, 2.45) is 0 Å². The molecule has 0 aliphatic carbocycles. The molecule has 0 saturated carbocycles. The van der Waals surface area contributed by atoms with Gasteiger partial charge in [0.15, 0.2) is 5.76 Å².